The molecule has 0 unspecified atom stereocenters. The van der Waals surface area contributed by atoms with Gasteiger partial charge in [0.2, 0.25) is 5.91 Å². The number of nitrogens with zero attached hydrogens (tertiary/aromatic N) is 5. The first-order valence-electron chi connectivity index (χ1n) is 11.4. The predicted octanol–water partition coefficient (Wildman–Crippen LogP) is 4.36. The Hall–Kier alpha value is -3.43. The Balaban J connectivity index is 1.25. The van der Waals surface area contributed by atoms with Gasteiger partial charge in [-0.1, -0.05) is 35.1 Å². The van der Waals surface area contributed by atoms with Crippen molar-refractivity contribution in [3.63, 3.8) is 0 Å². The van der Waals surface area contributed by atoms with Crippen molar-refractivity contribution >= 4 is 55.8 Å². The maximum Gasteiger partial charge on any atom is 0.259 e. The SMILES string of the molecule is Cc1cc(C)n(CC(=O)N2CCN(c3ccccc3C(=O)Nc3nc4cc(Cl)ccc4s3)CC2)n1. The number of benzene rings is 2. The molecule has 8 nitrogen and oxygen atoms in total. The van der Waals surface area contributed by atoms with Crippen LogP contribution in [0, 0.1) is 13.8 Å². The molecule has 1 N–H and O–H groups in total. The molecule has 1 aliphatic rings. The van der Waals surface area contributed by atoms with Crippen LogP contribution in [0.2, 0.25) is 5.02 Å². The molecule has 1 aliphatic heterocycles. The number of para-hydroxylation sites is 1. The largest absolute Gasteiger partial charge is 0.367 e. The second-order valence-corrected chi connectivity index (χ2v) is 10.0. The Bertz CT molecular complexity index is 1410. The molecule has 5 rings (SSSR count). The molecule has 3 heterocycles. The van der Waals surface area contributed by atoms with Gasteiger partial charge >= 0.3 is 0 Å². The van der Waals surface area contributed by atoms with E-state index in [1.54, 1.807) is 10.7 Å². The molecule has 0 aliphatic carbocycles. The Kier molecular flexibility index (Phi) is 6.44. The highest BCUT2D eigenvalue weighted by atomic mass is 35.5. The van der Waals surface area contributed by atoms with E-state index in [-0.39, 0.29) is 18.4 Å². The molecule has 10 heteroatoms. The lowest BCUT2D eigenvalue weighted by molar-refractivity contribution is -0.132. The van der Waals surface area contributed by atoms with Gasteiger partial charge in [-0.2, -0.15) is 5.10 Å². The van der Waals surface area contributed by atoms with Crippen LogP contribution >= 0.6 is 22.9 Å². The molecule has 0 saturated carbocycles. The summed E-state index contributed by atoms with van der Waals surface area (Å²) in [6.45, 7) is 6.59. The number of aryl methyl sites for hydroxylation is 2. The number of piperazine rings is 1. The number of fused-ring (bicyclic) bond motifs is 1. The lowest BCUT2D eigenvalue weighted by Gasteiger charge is -2.36. The molecular formula is C25H25ClN6O2S. The molecule has 35 heavy (non-hydrogen) atoms. The van der Waals surface area contributed by atoms with Crippen LogP contribution in [0.1, 0.15) is 21.7 Å². The minimum absolute atomic E-state index is 0.0535. The zero-order valence-corrected chi connectivity index (χ0v) is 21.1. The van der Waals surface area contributed by atoms with Crippen LogP contribution in [-0.4, -0.2) is 57.7 Å². The third-order valence-corrected chi connectivity index (χ3v) is 7.27. The molecular weight excluding hydrogens is 484 g/mol. The van der Waals surface area contributed by atoms with Crippen molar-refractivity contribution in [3.8, 4) is 0 Å². The number of hydrogen-bond donors (Lipinski definition) is 1. The Morgan fingerprint density at radius 1 is 1.06 bits per heavy atom. The van der Waals surface area contributed by atoms with Crippen molar-refractivity contribution in [2.45, 2.75) is 20.4 Å². The van der Waals surface area contributed by atoms with Crippen LogP contribution in [0.15, 0.2) is 48.5 Å². The molecule has 0 atom stereocenters. The third-order valence-electron chi connectivity index (χ3n) is 6.08. The van der Waals surface area contributed by atoms with Crippen LogP contribution in [0.4, 0.5) is 10.8 Å². The number of halogens is 1. The summed E-state index contributed by atoms with van der Waals surface area (Å²) in [4.78, 5) is 34.5. The number of aromatic nitrogens is 3. The number of thiazole rings is 1. The molecule has 2 aromatic heterocycles. The van der Waals surface area contributed by atoms with Crippen molar-refractivity contribution in [2.24, 2.45) is 0 Å². The fraction of sp³-hybridized carbons (Fsp3) is 0.280. The first-order valence-corrected chi connectivity index (χ1v) is 12.6. The summed E-state index contributed by atoms with van der Waals surface area (Å²) in [5.41, 5.74) is 4.06. The smallest absolute Gasteiger partial charge is 0.259 e. The normalized spacial score (nSPS) is 13.9. The van der Waals surface area contributed by atoms with E-state index in [2.05, 4.69) is 20.3 Å². The van der Waals surface area contributed by atoms with Gasteiger partial charge in [0.15, 0.2) is 5.13 Å². The van der Waals surface area contributed by atoms with Gasteiger partial charge in [0, 0.05) is 42.6 Å². The Morgan fingerprint density at radius 3 is 2.57 bits per heavy atom. The number of nitrogens with one attached hydrogen (secondary N) is 1. The highest BCUT2D eigenvalue weighted by Gasteiger charge is 2.25. The average Bonchev–Trinajstić information content (AvgIpc) is 3.39. The molecule has 2 amide bonds. The van der Waals surface area contributed by atoms with Gasteiger partial charge in [0.05, 0.1) is 21.5 Å². The number of rotatable bonds is 5. The van der Waals surface area contributed by atoms with E-state index < -0.39 is 0 Å². The molecule has 1 saturated heterocycles. The summed E-state index contributed by atoms with van der Waals surface area (Å²) in [6, 6.07) is 15.0. The molecule has 0 bridgehead atoms. The van der Waals surface area contributed by atoms with E-state index in [0.29, 0.717) is 41.9 Å². The summed E-state index contributed by atoms with van der Waals surface area (Å²) in [5.74, 6) is -0.161. The second-order valence-electron chi connectivity index (χ2n) is 8.55. The lowest BCUT2D eigenvalue weighted by Crippen LogP contribution is -2.50. The summed E-state index contributed by atoms with van der Waals surface area (Å²) in [7, 11) is 0. The van der Waals surface area contributed by atoms with Crippen molar-refractivity contribution < 1.29 is 9.59 Å². The van der Waals surface area contributed by atoms with Crippen LogP contribution in [0.25, 0.3) is 10.2 Å². The quantitative estimate of drug-likeness (QED) is 0.433. The highest BCUT2D eigenvalue weighted by Crippen LogP contribution is 2.29. The fourth-order valence-corrected chi connectivity index (χ4v) is 5.33. The van der Waals surface area contributed by atoms with Gasteiger partial charge in [0.25, 0.3) is 5.91 Å². The molecule has 1 fully saturated rings. The van der Waals surface area contributed by atoms with Gasteiger partial charge in [-0.3, -0.25) is 19.6 Å². The minimum atomic E-state index is -0.214. The maximum absolute atomic E-state index is 13.2. The van der Waals surface area contributed by atoms with Crippen molar-refractivity contribution in [2.75, 3.05) is 36.4 Å². The first-order chi connectivity index (χ1) is 16.9. The lowest BCUT2D eigenvalue weighted by atomic mass is 10.1. The van der Waals surface area contributed by atoms with E-state index in [9.17, 15) is 9.59 Å². The number of anilines is 2. The maximum atomic E-state index is 13.2. The molecule has 0 spiro atoms. The number of amides is 2. The van der Waals surface area contributed by atoms with Gasteiger partial charge < -0.3 is 9.80 Å². The summed E-state index contributed by atoms with van der Waals surface area (Å²) >= 11 is 7.47. The third kappa shape index (κ3) is 5.01. The second kappa shape index (κ2) is 9.67. The van der Waals surface area contributed by atoms with Crippen molar-refractivity contribution in [3.05, 3.63) is 70.5 Å². The Morgan fingerprint density at radius 2 is 1.83 bits per heavy atom. The van der Waals surface area contributed by atoms with Gasteiger partial charge in [-0.25, -0.2) is 4.98 Å². The molecule has 2 aromatic carbocycles. The van der Waals surface area contributed by atoms with E-state index in [4.69, 9.17) is 11.6 Å². The van der Waals surface area contributed by atoms with Gasteiger partial charge in [0.1, 0.15) is 6.54 Å². The topological polar surface area (TPSA) is 83.4 Å². The minimum Gasteiger partial charge on any atom is -0.367 e. The molecule has 0 radical (unpaired) electrons. The van der Waals surface area contributed by atoms with Gasteiger partial charge in [-0.15, -0.1) is 0 Å². The number of carbonyl (C=O) groups is 2. The van der Waals surface area contributed by atoms with E-state index in [1.165, 1.54) is 11.3 Å². The fourth-order valence-electron chi connectivity index (χ4n) is 4.32. The zero-order chi connectivity index (χ0) is 24.5. The molecule has 4 aromatic rings. The van der Waals surface area contributed by atoms with Crippen molar-refractivity contribution in [1.82, 2.24) is 19.7 Å². The first kappa shape index (κ1) is 23.3. The average molecular weight is 509 g/mol. The van der Waals surface area contributed by atoms with Crippen molar-refractivity contribution in [1.29, 1.82) is 0 Å². The van der Waals surface area contributed by atoms with Crippen LogP contribution < -0.4 is 10.2 Å². The summed E-state index contributed by atoms with van der Waals surface area (Å²) in [5, 5.41) is 8.47. The number of carbonyl (C=O) groups excluding carboxylic acids is 2. The van der Waals surface area contributed by atoms with E-state index >= 15 is 0 Å². The highest BCUT2D eigenvalue weighted by molar-refractivity contribution is 7.22. The molecule has 180 valence electrons. The summed E-state index contributed by atoms with van der Waals surface area (Å²) in [6.07, 6.45) is 0. The summed E-state index contributed by atoms with van der Waals surface area (Å²) < 4.78 is 2.71. The zero-order valence-electron chi connectivity index (χ0n) is 19.5. The van der Waals surface area contributed by atoms with E-state index in [1.807, 2.05) is 61.2 Å². The predicted molar refractivity (Wildman–Crippen MR) is 140 cm³/mol. The van der Waals surface area contributed by atoms with Crippen LogP contribution in [0.3, 0.4) is 0 Å². The number of hydrogen-bond acceptors (Lipinski definition) is 6. The van der Waals surface area contributed by atoms with Gasteiger partial charge in [-0.05, 0) is 50.2 Å². The van der Waals surface area contributed by atoms with Crippen LogP contribution in [0.5, 0.6) is 0 Å². The monoisotopic (exact) mass is 508 g/mol. The van der Waals surface area contributed by atoms with Crippen LogP contribution in [-0.2, 0) is 11.3 Å². The van der Waals surface area contributed by atoms with E-state index in [0.717, 1.165) is 27.3 Å². The Labute approximate surface area is 212 Å². The standard InChI is InChI=1S/C25H25ClN6O2S/c1-16-13-17(2)32(29-16)15-23(33)31-11-9-30(10-12-31)21-6-4-3-5-19(21)24(34)28-25-27-20-14-18(26)7-8-22(20)35-25/h3-8,13-14H,9-12,15H2,1-2H3,(H,27,28,34).